The van der Waals surface area contributed by atoms with Crippen LogP contribution in [0.5, 0.6) is 11.5 Å². The van der Waals surface area contributed by atoms with Crippen molar-refractivity contribution in [1.82, 2.24) is 24.9 Å². The first-order valence-corrected chi connectivity index (χ1v) is 11.1. The summed E-state index contributed by atoms with van der Waals surface area (Å²) in [5.41, 5.74) is 5.67. The zero-order chi connectivity index (χ0) is 25.3. The number of nitrogens with one attached hydrogen (secondary N) is 1. The summed E-state index contributed by atoms with van der Waals surface area (Å²) in [4.78, 5) is 29.9. The fraction of sp³-hybridized carbons (Fsp3) is 0.154. The van der Waals surface area contributed by atoms with Gasteiger partial charge in [-0.3, -0.25) is 30.1 Å². The van der Waals surface area contributed by atoms with E-state index in [1.165, 1.54) is 17.8 Å². The number of nitro groups is 1. The van der Waals surface area contributed by atoms with Gasteiger partial charge in [-0.15, -0.1) is 0 Å². The number of hydrogen-bond acceptors (Lipinski definition) is 8. The lowest BCUT2D eigenvalue weighted by atomic mass is 10.2. The van der Waals surface area contributed by atoms with Crippen LogP contribution >= 0.6 is 0 Å². The van der Waals surface area contributed by atoms with E-state index >= 15 is 0 Å². The summed E-state index contributed by atoms with van der Waals surface area (Å²) in [6.45, 7) is 4.74. The maximum Gasteiger partial charge on any atom is 0.329 e. The van der Waals surface area contributed by atoms with Crippen LogP contribution in [0.25, 0.3) is 11.0 Å². The molecule has 36 heavy (non-hydrogen) atoms. The highest BCUT2D eigenvalue weighted by Crippen LogP contribution is 2.27. The molecular weight excluding hydrogens is 460 g/mol. The third-order valence-corrected chi connectivity index (χ3v) is 5.30. The van der Waals surface area contributed by atoms with Gasteiger partial charge in [0.15, 0.2) is 0 Å². The number of fused-ring (bicyclic) bond motifs is 1. The predicted molar refractivity (Wildman–Crippen MR) is 134 cm³/mol. The van der Waals surface area contributed by atoms with Crippen LogP contribution in [-0.4, -0.2) is 29.8 Å². The van der Waals surface area contributed by atoms with Crippen molar-refractivity contribution < 1.29 is 14.4 Å². The number of aromatic nitrogens is 5. The van der Waals surface area contributed by atoms with Gasteiger partial charge in [0, 0.05) is 42.6 Å². The van der Waals surface area contributed by atoms with Crippen molar-refractivity contribution >= 4 is 16.7 Å². The summed E-state index contributed by atoms with van der Waals surface area (Å²) in [6, 6.07) is 14.5. The van der Waals surface area contributed by atoms with Gasteiger partial charge in [0.25, 0.3) is 0 Å². The lowest BCUT2D eigenvalue weighted by Gasteiger charge is -2.06. The van der Waals surface area contributed by atoms with Crippen LogP contribution < -0.4 is 9.47 Å². The number of H-pyrrole nitrogens is 1. The van der Waals surface area contributed by atoms with E-state index in [1.807, 2.05) is 37.3 Å². The Hall–Kier alpha value is -4.86. The fourth-order valence-electron chi connectivity index (χ4n) is 3.33. The molecule has 0 amide bonds. The number of ether oxygens (including phenoxy) is 2. The standard InChI is InChI=1S/C15H15N3O.C11H9N3O3/c1-10-11(2)18-15-13(6-8-17-14(10)15)19-9-12-5-3-4-7-16-12;15-14(16)10-7-12-6-4-11(10)17-8-9-3-1-2-5-13-9/h3-8,18H,9H2,1-2H3;1-7H,8H2. The van der Waals surface area contributed by atoms with Crippen molar-refractivity contribution in [2.24, 2.45) is 0 Å². The van der Waals surface area contributed by atoms with Gasteiger partial charge in [0.1, 0.15) is 30.7 Å². The fourth-order valence-corrected chi connectivity index (χ4v) is 3.33. The van der Waals surface area contributed by atoms with E-state index in [1.54, 1.807) is 30.7 Å². The number of hydrogen-bond donors (Lipinski definition) is 1. The van der Waals surface area contributed by atoms with Crippen LogP contribution in [0, 0.1) is 24.0 Å². The highest BCUT2D eigenvalue weighted by Gasteiger charge is 2.14. The number of nitrogens with zero attached hydrogens (tertiary/aromatic N) is 5. The average molecular weight is 485 g/mol. The maximum absolute atomic E-state index is 10.7. The molecule has 5 heterocycles. The molecule has 1 N–H and O–H groups in total. The van der Waals surface area contributed by atoms with E-state index in [0.29, 0.717) is 12.3 Å². The molecule has 182 valence electrons. The van der Waals surface area contributed by atoms with Gasteiger partial charge in [-0.1, -0.05) is 12.1 Å². The van der Waals surface area contributed by atoms with Crippen molar-refractivity contribution in [1.29, 1.82) is 0 Å². The lowest BCUT2D eigenvalue weighted by molar-refractivity contribution is -0.386. The van der Waals surface area contributed by atoms with E-state index in [-0.39, 0.29) is 18.0 Å². The molecule has 0 saturated carbocycles. The van der Waals surface area contributed by atoms with Gasteiger partial charge >= 0.3 is 5.69 Å². The quantitative estimate of drug-likeness (QED) is 0.249. The molecule has 0 fully saturated rings. The lowest BCUT2D eigenvalue weighted by Crippen LogP contribution is -2.00. The Balaban J connectivity index is 0.000000170. The van der Waals surface area contributed by atoms with Crippen LogP contribution in [0.4, 0.5) is 5.69 Å². The van der Waals surface area contributed by atoms with Gasteiger partial charge in [-0.25, -0.2) is 0 Å². The van der Waals surface area contributed by atoms with E-state index < -0.39 is 4.92 Å². The maximum atomic E-state index is 10.7. The molecule has 0 unspecified atom stereocenters. The van der Waals surface area contributed by atoms with Crippen LogP contribution in [0.3, 0.4) is 0 Å². The second-order valence-corrected chi connectivity index (χ2v) is 7.73. The summed E-state index contributed by atoms with van der Waals surface area (Å²) in [6.07, 6.45) is 7.79. The molecule has 0 atom stereocenters. The number of aromatic amines is 1. The molecule has 0 aliphatic heterocycles. The highest BCUT2D eigenvalue weighted by atomic mass is 16.6. The van der Waals surface area contributed by atoms with Crippen LogP contribution in [0.15, 0.2) is 79.5 Å². The number of rotatable bonds is 7. The Bertz CT molecular complexity index is 1440. The minimum atomic E-state index is -0.527. The van der Waals surface area contributed by atoms with Crippen molar-refractivity contribution in [3.05, 3.63) is 112 Å². The van der Waals surface area contributed by atoms with Crippen LogP contribution in [0.1, 0.15) is 22.6 Å². The number of aryl methyl sites for hydroxylation is 2. The van der Waals surface area contributed by atoms with Crippen molar-refractivity contribution in [3.8, 4) is 11.5 Å². The average Bonchev–Trinajstić information content (AvgIpc) is 3.21. The molecule has 5 aromatic heterocycles. The zero-order valence-corrected chi connectivity index (χ0v) is 19.8. The molecule has 10 nitrogen and oxygen atoms in total. The second kappa shape index (κ2) is 11.5. The third-order valence-electron chi connectivity index (χ3n) is 5.30. The monoisotopic (exact) mass is 484 g/mol. The minimum Gasteiger partial charge on any atom is -0.485 e. The van der Waals surface area contributed by atoms with E-state index in [0.717, 1.165) is 34.4 Å². The first-order chi connectivity index (χ1) is 17.5. The van der Waals surface area contributed by atoms with Crippen LogP contribution in [0.2, 0.25) is 0 Å². The summed E-state index contributed by atoms with van der Waals surface area (Å²) < 4.78 is 11.2. The summed E-state index contributed by atoms with van der Waals surface area (Å²) >= 11 is 0. The van der Waals surface area contributed by atoms with E-state index in [2.05, 4.69) is 31.8 Å². The Kier molecular flexibility index (Phi) is 7.76. The molecule has 5 aromatic rings. The summed E-state index contributed by atoms with van der Waals surface area (Å²) in [5, 5.41) is 10.7. The largest absolute Gasteiger partial charge is 0.485 e. The molecule has 0 aliphatic rings. The Morgan fingerprint density at radius 1 is 0.833 bits per heavy atom. The second-order valence-electron chi connectivity index (χ2n) is 7.73. The third kappa shape index (κ3) is 5.98. The van der Waals surface area contributed by atoms with Gasteiger partial charge in [0.2, 0.25) is 5.75 Å². The molecule has 10 heteroatoms. The zero-order valence-electron chi connectivity index (χ0n) is 19.8. The molecule has 0 radical (unpaired) electrons. The smallest absolute Gasteiger partial charge is 0.329 e. The molecule has 0 saturated heterocycles. The number of pyridine rings is 4. The van der Waals surface area contributed by atoms with Gasteiger partial charge in [0.05, 0.1) is 21.8 Å². The molecule has 0 aliphatic carbocycles. The van der Waals surface area contributed by atoms with Crippen molar-refractivity contribution in [2.75, 3.05) is 0 Å². The Labute approximate surface area is 207 Å². The SMILES string of the molecule is Cc1[nH]c2c(OCc3ccccn3)ccnc2c1C.O=[N+]([O-])c1cnccc1OCc1ccccn1. The molecular formula is C26H24N6O4. The topological polar surface area (TPSA) is 129 Å². The van der Waals surface area contributed by atoms with Crippen LogP contribution in [-0.2, 0) is 13.2 Å². The Morgan fingerprint density at radius 3 is 2.08 bits per heavy atom. The van der Waals surface area contributed by atoms with E-state index in [4.69, 9.17) is 9.47 Å². The predicted octanol–water partition coefficient (Wildman–Crippen LogP) is 5.12. The summed E-state index contributed by atoms with van der Waals surface area (Å²) in [5.74, 6) is 1.00. The minimum absolute atomic E-state index is 0.150. The summed E-state index contributed by atoms with van der Waals surface area (Å²) in [7, 11) is 0. The highest BCUT2D eigenvalue weighted by molar-refractivity contribution is 5.85. The first kappa shape index (κ1) is 24.3. The van der Waals surface area contributed by atoms with Gasteiger partial charge in [-0.2, -0.15) is 0 Å². The molecule has 0 spiro atoms. The molecule has 0 aromatic carbocycles. The molecule has 5 rings (SSSR count). The van der Waals surface area contributed by atoms with E-state index in [9.17, 15) is 10.1 Å². The van der Waals surface area contributed by atoms with Crippen molar-refractivity contribution in [3.63, 3.8) is 0 Å². The van der Waals surface area contributed by atoms with Gasteiger partial charge in [-0.05, 0) is 43.7 Å². The first-order valence-electron chi connectivity index (χ1n) is 11.1. The molecule has 0 bridgehead atoms. The Morgan fingerprint density at radius 2 is 1.47 bits per heavy atom. The normalized spacial score (nSPS) is 10.4. The van der Waals surface area contributed by atoms with Gasteiger partial charge < -0.3 is 14.5 Å². The van der Waals surface area contributed by atoms with Crippen molar-refractivity contribution in [2.45, 2.75) is 27.1 Å².